The van der Waals surface area contributed by atoms with E-state index >= 15 is 0 Å². The Morgan fingerprint density at radius 2 is 2.43 bits per heavy atom. The molecule has 1 heterocycles. The molecule has 6 heteroatoms. The van der Waals surface area contributed by atoms with Gasteiger partial charge >= 0.3 is 0 Å². The molecule has 0 aromatic carbocycles. The number of nitrogens with zero attached hydrogens (tertiary/aromatic N) is 2. The Morgan fingerprint density at radius 3 is 2.93 bits per heavy atom. The molecule has 0 N–H and O–H groups in total. The van der Waals surface area contributed by atoms with Gasteiger partial charge in [0, 0.05) is 6.07 Å². The Hall–Kier alpha value is -2.29. The Balaban J connectivity index is 3.09. The van der Waals surface area contributed by atoms with Gasteiger partial charge in [0.15, 0.2) is 5.75 Å². The van der Waals surface area contributed by atoms with Gasteiger partial charge in [0.2, 0.25) is 0 Å². The number of hydrogen-bond acceptors (Lipinski definition) is 5. The highest BCUT2D eigenvalue weighted by atomic mass is 17.0. The van der Waals surface area contributed by atoms with E-state index in [9.17, 15) is 10.1 Å². The van der Waals surface area contributed by atoms with E-state index in [-0.39, 0.29) is 11.4 Å². The lowest BCUT2D eigenvalue weighted by Crippen LogP contribution is -2.06. The third-order valence-corrected chi connectivity index (χ3v) is 1.37. The molecule has 1 aromatic rings. The smallest absolute Gasteiger partial charge is 0.299 e. The summed E-state index contributed by atoms with van der Waals surface area (Å²) in [4.78, 5) is 18.0. The summed E-state index contributed by atoms with van der Waals surface area (Å²) in [6, 6.07) is 1.30. The van der Waals surface area contributed by atoms with Crippen molar-refractivity contribution in [3.63, 3.8) is 0 Å². The highest BCUT2D eigenvalue weighted by molar-refractivity contribution is 5.42. The summed E-state index contributed by atoms with van der Waals surface area (Å²) in [6.07, 6.45) is 6.41. The van der Waals surface area contributed by atoms with Gasteiger partial charge < -0.3 is 4.74 Å². The molecule has 0 radical (unpaired) electrons. The van der Waals surface area contributed by atoms with Crippen LogP contribution in [0.3, 0.4) is 0 Å². The topological polar surface area (TPSA) is 74.5 Å². The van der Waals surface area contributed by atoms with Crippen molar-refractivity contribution >= 4 is 0 Å². The van der Waals surface area contributed by atoms with Crippen LogP contribution >= 0.6 is 0 Å². The van der Waals surface area contributed by atoms with Crippen LogP contribution in [0.15, 0.2) is 12.3 Å². The van der Waals surface area contributed by atoms with E-state index < -0.39 is 5.09 Å². The largest absolute Gasteiger partial charge is 0.495 e. The SMILES string of the molecule is C#Cc1ncc(OC)cc1O[N+](=O)[O-]. The number of rotatable bonds is 3. The summed E-state index contributed by atoms with van der Waals surface area (Å²) in [5, 5.41) is 9.12. The number of terminal acetylenes is 1. The minimum absolute atomic E-state index is 0.0579. The van der Waals surface area contributed by atoms with Crippen LogP contribution in [-0.2, 0) is 0 Å². The number of aromatic nitrogens is 1. The Kier molecular flexibility index (Phi) is 2.86. The zero-order valence-electron chi connectivity index (χ0n) is 7.26. The minimum Gasteiger partial charge on any atom is -0.495 e. The Labute approximate surface area is 79.6 Å². The first-order valence-corrected chi connectivity index (χ1v) is 3.50. The third-order valence-electron chi connectivity index (χ3n) is 1.37. The lowest BCUT2D eigenvalue weighted by atomic mass is 10.3. The molecule has 0 saturated heterocycles. The van der Waals surface area contributed by atoms with Gasteiger partial charge in [-0.3, -0.25) is 4.84 Å². The molecule has 6 nitrogen and oxygen atoms in total. The first-order valence-electron chi connectivity index (χ1n) is 3.50. The minimum atomic E-state index is -0.961. The van der Waals surface area contributed by atoms with Gasteiger partial charge in [-0.05, 0) is 5.92 Å². The van der Waals surface area contributed by atoms with E-state index in [1.165, 1.54) is 19.4 Å². The normalized spacial score (nSPS) is 8.86. The van der Waals surface area contributed by atoms with E-state index in [1.54, 1.807) is 0 Å². The third kappa shape index (κ3) is 2.10. The quantitative estimate of drug-likeness (QED) is 0.401. The fourth-order valence-electron chi connectivity index (χ4n) is 0.797. The Bertz CT molecular complexity index is 397. The molecule has 72 valence electrons. The number of ether oxygens (including phenoxy) is 1. The van der Waals surface area contributed by atoms with Crippen LogP contribution in [-0.4, -0.2) is 17.2 Å². The predicted octanol–water partition coefficient (Wildman–Crippen LogP) is 0.642. The molecule has 0 amide bonds. The van der Waals surface area contributed by atoms with E-state index in [0.29, 0.717) is 5.75 Å². The van der Waals surface area contributed by atoms with Crippen molar-refractivity contribution in [2.75, 3.05) is 7.11 Å². The zero-order valence-corrected chi connectivity index (χ0v) is 7.26. The molecule has 0 fully saturated rings. The van der Waals surface area contributed by atoms with Crippen molar-refractivity contribution in [2.45, 2.75) is 0 Å². The van der Waals surface area contributed by atoms with Gasteiger partial charge in [0.1, 0.15) is 11.4 Å². The predicted molar refractivity (Wildman–Crippen MR) is 46.3 cm³/mol. The molecule has 1 rings (SSSR count). The number of pyridine rings is 1. The van der Waals surface area contributed by atoms with E-state index in [1.807, 2.05) is 0 Å². The van der Waals surface area contributed by atoms with E-state index in [2.05, 4.69) is 15.7 Å². The second-order valence-electron chi connectivity index (χ2n) is 2.18. The van der Waals surface area contributed by atoms with Gasteiger partial charge in [-0.1, -0.05) is 0 Å². The molecular weight excluding hydrogens is 188 g/mol. The van der Waals surface area contributed by atoms with Crippen molar-refractivity contribution in [1.82, 2.24) is 4.98 Å². The lowest BCUT2D eigenvalue weighted by Gasteiger charge is -2.03. The number of hydrogen-bond donors (Lipinski definition) is 0. The van der Waals surface area contributed by atoms with Gasteiger partial charge in [-0.2, -0.15) is 0 Å². The molecule has 0 bridgehead atoms. The second kappa shape index (κ2) is 4.09. The molecule has 1 aromatic heterocycles. The fourth-order valence-corrected chi connectivity index (χ4v) is 0.797. The maximum absolute atomic E-state index is 10.1. The van der Waals surface area contributed by atoms with Crippen LogP contribution in [0.25, 0.3) is 0 Å². The lowest BCUT2D eigenvalue weighted by molar-refractivity contribution is -0.711. The van der Waals surface area contributed by atoms with Crippen molar-refractivity contribution in [1.29, 1.82) is 0 Å². The molecule has 0 aliphatic carbocycles. The second-order valence-corrected chi connectivity index (χ2v) is 2.18. The highest BCUT2D eigenvalue weighted by Gasteiger charge is 2.08. The van der Waals surface area contributed by atoms with Gasteiger partial charge in [0.05, 0.1) is 13.3 Å². The maximum Gasteiger partial charge on any atom is 0.299 e. The maximum atomic E-state index is 10.1. The van der Waals surface area contributed by atoms with E-state index in [4.69, 9.17) is 11.2 Å². The van der Waals surface area contributed by atoms with Crippen LogP contribution < -0.4 is 9.57 Å². The summed E-state index contributed by atoms with van der Waals surface area (Å²) in [6.45, 7) is 0. The van der Waals surface area contributed by atoms with Crippen LogP contribution in [0.2, 0.25) is 0 Å². The summed E-state index contributed by atoms with van der Waals surface area (Å²) >= 11 is 0. The average molecular weight is 194 g/mol. The van der Waals surface area contributed by atoms with E-state index in [0.717, 1.165) is 0 Å². The first-order chi connectivity index (χ1) is 6.67. The summed E-state index contributed by atoms with van der Waals surface area (Å²) in [7, 11) is 1.41. The molecule has 0 saturated carbocycles. The highest BCUT2D eigenvalue weighted by Crippen LogP contribution is 2.21. The van der Waals surface area contributed by atoms with Gasteiger partial charge in [0.25, 0.3) is 5.09 Å². The first kappa shape index (κ1) is 9.80. The summed E-state index contributed by atoms with van der Waals surface area (Å²) in [5.74, 6) is 2.38. The summed E-state index contributed by atoms with van der Waals surface area (Å²) in [5.41, 5.74) is 0.0579. The molecule has 0 spiro atoms. The standard InChI is InChI=1S/C8H6N2O4/c1-3-7-8(14-10(11)12)4-6(13-2)5-9-7/h1,4-5H,2H3. The van der Waals surface area contributed by atoms with Crippen molar-refractivity contribution in [2.24, 2.45) is 0 Å². The van der Waals surface area contributed by atoms with Crippen molar-refractivity contribution in [3.05, 3.63) is 28.1 Å². The van der Waals surface area contributed by atoms with Crippen LogP contribution in [0.4, 0.5) is 0 Å². The van der Waals surface area contributed by atoms with Gasteiger partial charge in [-0.25, -0.2) is 4.98 Å². The van der Waals surface area contributed by atoms with Crippen LogP contribution in [0.5, 0.6) is 11.5 Å². The van der Waals surface area contributed by atoms with Crippen molar-refractivity contribution in [3.8, 4) is 23.8 Å². The Morgan fingerprint density at radius 1 is 1.71 bits per heavy atom. The van der Waals surface area contributed by atoms with Crippen LogP contribution in [0, 0.1) is 22.5 Å². The zero-order chi connectivity index (χ0) is 10.6. The molecular formula is C8H6N2O4. The monoisotopic (exact) mass is 194 g/mol. The van der Waals surface area contributed by atoms with Crippen molar-refractivity contribution < 1.29 is 14.7 Å². The van der Waals surface area contributed by atoms with Crippen LogP contribution in [0.1, 0.15) is 5.69 Å². The van der Waals surface area contributed by atoms with Gasteiger partial charge in [-0.15, -0.1) is 16.5 Å². The number of methoxy groups -OCH3 is 1. The molecule has 0 atom stereocenters. The molecule has 0 unspecified atom stereocenters. The average Bonchev–Trinajstić information content (AvgIpc) is 2.16. The molecule has 0 aliphatic heterocycles. The molecule has 14 heavy (non-hydrogen) atoms. The molecule has 0 aliphatic rings. The fraction of sp³-hybridized carbons (Fsp3) is 0.125. The summed E-state index contributed by atoms with van der Waals surface area (Å²) < 4.78 is 4.80.